The van der Waals surface area contributed by atoms with Crippen LogP contribution in [0.4, 0.5) is 5.69 Å². The molecule has 0 atom stereocenters. The van der Waals surface area contributed by atoms with Crippen molar-refractivity contribution < 1.29 is 18.4 Å². The summed E-state index contributed by atoms with van der Waals surface area (Å²) in [6.45, 7) is 0. The number of nitro benzene ring substituents is 1. The largest absolute Gasteiger partial charge is 0.508 e. The van der Waals surface area contributed by atoms with Crippen LogP contribution in [0.25, 0.3) is 22.0 Å². The van der Waals surface area contributed by atoms with Crippen LogP contribution in [0.15, 0.2) is 83.9 Å². The standard InChI is InChI=1S/C20H14N2O5S/c23-16-9-10-20-18(12-16)19(14-5-2-1-3-6-14)13-21(20)28(26,27)17-8-4-7-15(11-17)22(24)25/h1-13,23H. The van der Waals surface area contributed by atoms with E-state index in [9.17, 15) is 23.6 Å². The predicted octanol–water partition coefficient (Wildman–Crippen LogP) is 4.16. The van der Waals surface area contributed by atoms with Gasteiger partial charge >= 0.3 is 0 Å². The maximum atomic E-state index is 13.2. The molecule has 0 saturated carbocycles. The predicted molar refractivity (Wildman–Crippen MR) is 105 cm³/mol. The van der Waals surface area contributed by atoms with E-state index in [-0.39, 0.29) is 16.3 Å². The Morgan fingerprint density at radius 2 is 1.68 bits per heavy atom. The molecule has 7 nitrogen and oxygen atoms in total. The lowest BCUT2D eigenvalue weighted by molar-refractivity contribution is -0.385. The molecule has 140 valence electrons. The minimum Gasteiger partial charge on any atom is -0.508 e. The number of rotatable bonds is 4. The highest BCUT2D eigenvalue weighted by molar-refractivity contribution is 7.90. The van der Waals surface area contributed by atoms with Crippen LogP contribution in [-0.2, 0) is 10.0 Å². The number of phenols is 1. The number of nitro groups is 1. The zero-order chi connectivity index (χ0) is 19.9. The van der Waals surface area contributed by atoms with Crippen LogP contribution in [0.5, 0.6) is 5.75 Å². The van der Waals surface area contributed by atoms with Gasteiger partial charge in [-0.2, -0.15) is 0 Å². The first-order valence-electron chi connectivity index (χ1n) is 8.27. The number of fused-ring (bicyclic) bond motifs is 1. The molecule has 0 saturated heterocycles. The summed E-state index contributed by atoms with van der Waals surface area (Å²) in [7, 11) is -4.09. The summed E-state index contributed by atoms with van der Waals surface area (Å²) in [4.78, 5) is 10.2. The molecule has 4 aromatic rings. The molecule has 4 rings (SSSR count). The molecule has 1 aromatic heterocycles. The summed E-state index contributed by atoms with van der Waals surface area (Å²) in [5.41, 5.74) is 1.47. The van der Waals surface area contributed by atoms with Gasteiger partial charge in [-0.15, -0.1) is 0 Å². The third-order valence-corrected chi connectivity index (χ3v) is 6.09. The number of hydrogen-bond donors (Lipinski definition) is 1. The van der Waals surface area contributed by atoms with E-state index in [1.165, 1.54) is 42.6 Å². The van der Waals surface area contributed by atoms with Gasteiger partial charge in [-0.25, -0.2) is 12.4 Å². The first-order valence-corrected chi connectivity index (χ1v) is 9.71. The van der Waals surface area contributed by atoms with Crippen molar-refractivity contribution in [3.8, 4) is 16.9 Å². The van der Waals surface area contributed by atoms with Crippen LogP contribution in [0, 0.1) is 10.1 Å². The summed E-state index contributed by atoms with van der Waals surface area (Å²) in [6, 6.07) is 18.5. The Kier molecular flexibility index (Phi) is 4.12. The van der Waals surface area contributed by atoms with Gasteiger partial charge in [0.05, 0.1) is 15.3 Å². The number of phenolic OH excluding ortho intramolecular Hbond substituents is 1. The molecule has 0 fully saturated rings. The highest BCUT2D eigenvalue weighted by Crippen LogP contribution is 2.35. The number of benzene rings is 3. The van der Waals surface area contributed by atoms with Crippen molar-refractivity contribution in [3.05, 3.63) is 89.1 Å². The van der Waals surface area contributed by atoms with Gasteiger partial charge in [-0.3, -0.25) is 10.1 Å². The average molecular weight is 394 g/mol. The second-order valence-corrected chi connectivity index (χ2v) is 7.98. The Morgan fingerprint density at radius 3 is 2.39 bits per heavy atom. The molecule has 1 heterocycles. The fourth-order valence-electron chi connectivity index (χ4n) is 3.11. The quantitative estimate of drug-likeness (QED) is 0.414. The molecule has 0 bridgehead atoms. The molecular formula is C20H14N2O5S. The van der Waals surface area contributed by atoms with Crippen LogP contribution in [0.3, 0.4) is 0 Å². The van der Waals surface area contributed by atoms with Gasteiger partial charge in [0.1, 0.15) is 5.75 Å². The van der Waals surface area contributed by atoms with Crippen molar-refractivity contribution in [3.63, 3.8) is 0 Å². The third kappa shape index (κ3) is 2.89. The molecular weight excluding hydrogens is 380 g/mol. The number of nitrogens with zero attached hydrogens (tertiary/aromatic N) is 2. The highest BCUT2D eigenvalue weighted by Gasteiger charge is 2.23. The van der Waals surface area contributed by atoms with Crippen molar-refractivity contribution in [2.75, 3.05) is 0 Å². The maximum absolute atomic E-state index is 13.2. The lowest BCUT2D eigenvalue weighted by Gasteiger charge is -2.07. The Labute approximate surface area is 160 Å². The van der Waals surface area contributed by atoms with Crippen LogP contribution >= 0.6 is 0 Å². The highest BCUT2D eigenvalue weighted by atomic mass is 32.2. The van der Waals surface area contributed by atoms with E-state index >= 15 is 0 Å². The lowest BCUT2D eigenvalue weighted by Crippen LogP contribution is -2.12. The Bertz CT molecular complexity index is 1310. The molecule has 0 spiro atoms. The second kappa shape index (κ2) is 6.50. The number of non-ortho nitro benzene ring substituents is 1. The van der Waals surface area contributed by atoms with Gasteiger partial charge in [0.15, 0.2) is 0 Å². The molecule has 0 radical (unpaired) electrons. The van der Waals surface area contributed by atoms with Gasteiger partial charge in [0.2, 0.25) is 0 Å². The zero-order valence-electron chi connectivity index (χ0n) is 14.4. The fraction of sp³-hybridized carbons (Fsp3) is 0. The summed E-state index contributed by atoms with van der Waals surface area (Å²) in [5, 5.41) is 21.5. The van der Waals surface area contributed by atoms with E-state index in [1.54, 1.807) is 0 Å². The van der Waals surface area contributed by atoms with Gasteiger partial charge < -0.3 is 5.11 Å². The monoisotopic (exact) mass is 394 g/mol. The van der Waals surface area contributed by atoms with Crippen LogP contribution in [0.1, 0.15) is 0 Å². The Hall–Kier alpha value is -3.65. The summed E-state index contributed by atoms with van der Waals surface area (Å²) < 4.78 is 27.5. The number of hydrogen-bond acceptors (Lipinski definition) is 5. The van der Waals surface area contributed by atoms with Crippen LogP contribution < -0.4 is 0 Å². The van der Waals surface area contributed by atoms with E-state index in [0.717, 1.165) is 15.6 Å². The number of aromatic hydroxyl groups is 1. The molecule has 3 aromatic carbocycles. The summed E-state index contributed by atoms with van der Waals surface area (Å²) in [6.07, 6.45) is 1.47. The molecule has 0 amide bonds. The minimum absolute atomic E-state index is 0.00942. The second-order valence-electron chi connectivity index (χ2n) is 6.17. The molecule has 0 aliphatic rings. The Morgan fingerprint density at radius 1 is 0.929 bits per heavy atom. The molecule has 1 N–H and O–H groups in total. The molecule has 0 aliphatic carbocycles. The Balaban J connectivity index is 1.99. The first-order chi connectivity index (χ1) is 13.4. The van der Waals surface area contributed by atoms with E-state index in [0.29, 0.717) is 16.5 Å². The fourth-order valence-corrected chi connectivity index (χ4v) is 4.52. The molecule has 0 unspecified atom stereocenters. The van der Waals surface area contributed by atoms with Crippen molar-refractivity contribution >= 4 is 26.6 Å². The topological polar surface area (TPSA) is 102 Å². The van der Waals surface area contributed by atoms with E-state index in [2.05, 4.69) is 0 Å². The van der Waals surface area contributed by atoms with Crippen LogP contribution in [-0.4, -0.2) is 22.4 Å². The van der Waals surface area contributed by atoms with Gasteiger partial charge in [0.25, 0.3) is 15.7 Å². The maximum Gasteiger partial charge on any atom is 0.270 e. The normalized spacial score (nSPS) is 11.6. The van der Waals surface area contributed by atoms with Gasteiger partial charge in [-0.1, -0.05) is 36.4 Å². The number of aromatic nitrogens is 1. The molecule has 8 heteroatoms. The smallest absolute Gasteiger partial charge is 0.270 e. The van der Waals surface area contributed by atoms with Gasteiger partial charge in [0, 0.05) is 29.3 Å². The molecule has 0 aliphatic heterocycles. The van der Waals surface area contributed by atoms with E-state index in [1.807, 2.05) is 30.3 Å². The average Bonchev–Trinajstić information content (AvgIpc) is 3.08. The van der Waals surface area contributed by atoms with E-state index < -0.39 is 14.9 Å². The van der Waals surface area contributed by atoms with Crippen molar-refractivity contribution in [1.82, 2.24) is 3.97 Å². The minimum atomic E-state index is -4.09. The van der Waals surface area contributed by atoms with Gasteiger partial charge in [-0.05, 0) is 29.8 Å². The van der Waals surface area contributed by atoms with Crippen LogP contribution in [0.2, 0.25) is 0 Å². The van der Waals surface area contributed by atoms with Crippen molar-refractivity contribution in [2.45, 2.75) is 4.90 Å². The van der Waals surface area contributed by atoms with Crippen molar-refractivity contribution in [2.24, 2.45) is 0 Å². The molecule has 28 heavy (non-hydrogen) atoms. The third-order valence-electron chi connectivity index (χ3n) is 4.42. The van der Waals surface area contributed by atoms with E-state index in [4.69, 9.17) is 0 Å². The van der Waals surface area contributed by atoms with Crippen molar-refractivity contribution in [1.29, 1.82) is 0 Å². The zero-order valence-corrected chi connectivity index (χ0v) is 15.2. The lowest BCUT2D eigenvalue weighted by atomic mass is 10.1. The SMILES string of the molecule is O=[N+]([O-])c1cccc(S(=O)(=O)n2cc(-c3ccccc3)c3cc(O)ccc32)c1. The summed E-state index contributed by atoms with van der Waals surface area (Å²) in [5.74, 6) is 0.00942. The first kappa shape index (κ1) is 17.7. The summed E-state index contributed by atoms with van der Waals surface area (Å²) >= 11 is 0.